The molecule has 1 heterocycles. The average molecular weight is 311 g/mol. The first-order valence-electron chi connectivity index (χ1n) is 7.97. The van der Waals surface area contributed by atoms with Gasteiger partial charge in [0, 0.05) is 6.61 Å². The number of hydrogen-bond donors (Lipinski definition) is 1. The molecule has 0 radical (unpaired) electrons. The minimum absolute atomic E-state index is 0.100. The fraction of sp³-hybridized carbons (Fsp3) is 0.316. The van der Waals surface area contributed by atoms with Crippen LogP contribution in [0.5, 0.6) is 5.75 Å². The van der Waals surface area contributed by atoms with E-state index in [9.17, 15) is 4.79 Å². The topological polar surface area (TPSA) is 47.6 Å². The molecule has 1 aliphatic rings. The molecule has 3 rings (SSSR count). The molecule has 2 aromatic rings. The van der Waals surface area contributed by atoms with Crippen LogP contribution in [0.15, 0.2) is 54.6 Å². The average Bonchev–Trinajstić information content (AvgIpc) is 3.12. The van der Waals surface area contributed by atoms with E-state index < -0.39 is 0 Å². The first kappa shape index (κ1) is 15.6. The normalized spacial score (nSPS) is 18.4. The standard InChI is InChI=1S/C19H21NO3/c1-14(15-8-3-2-4-9-15)23-17-11-6-5-10-16(17)20-19(21)18-12-7-13-22-18/h2-6,8-11,14,18H,7,12-13H2,1H3,(H,20,21). The number of anilines is 1. The van der Waals surface area contributed by atoms with Crippen LogP contribution < -0.4 is 10.1 Å². The fourth-order valence-corrected chi connectivity index (χ4v) is 2.65. The second-order valence-corrected chi connectivity index (χ2v) is 5.66. The molecule has 120 valence electrons. The predicted octanol–water partition coefficient (Wildman–Crippen LogP) is 3.94. The van der Waals surface area contributed by atoms with Crippen molar-refractivity contribution >= 4 is 11.6 Å². The molecule has 0 spiro atoms. The fourth-order valence-electron chi connectivity index (χ4n) is 2.65. The van der Waals surface area contributed by atoms with Crippen molar-refractivity contribution in [2.75, 3.05) is 11.9 Å². The van der Waals surface area contributed by atoms with Crippen LogP contribution >= 0.6 is 0 Å². The third-order valence-electron chi connectivity index (χ3n) is 3.94. The van der Waals surface area contributed by atoms with Crippen molar-refractivity contribution in [2.45, 2.75) is 32.0 Å². The maximum Gasteiger partial charge on any atom is 0.253 e. The molecule has 4 heteroatoms. The molecule has 1 saturated heterocycles. The largest absolute Gasteiger partial charge is 0.484 e. The summed E-state index contributed by atoms with van der Waals surface area (Å²) in [6.07, 6.45) is 1.25. The third-order valence-corrected chi connectivity index (χ3v) is 3.94. The number of benzene rings is 2. The quantitative estimate of drug-likeness (QED) is 0.909. The molecular formula is C19H21NO3. The van der Waals surface area contributed by atoms with Crippen molar-refractivity contribution in [1.29, 1.82) is 0 Å². The van der Waals surface area contributed by atoms with Crippen LogP contribution in [0.3, 0.4) is 0 Å². The Bertz CT molecular complexity index is 651. The van der Waals surface area contributed by atoms with E-state index in [1.54, 1.807) is 0 Å². The van der Waals surface area contributed by atoms with Crippen molar-refractivity contribution in [3.63, 3.8) is 0 Å². The molecule has 1 fully saturated rings. The SMILES string of the molecule is CC(Oc1ccccc1NC(=O)C1CCCO1)c1ccccc1. The highest BCUT2D eigenvalue weighted by molar-refractivity contribution is 5.95. The van der Waals surface area contributed by atoms with E-state index in [2.05, 4.69) is 5.32 Å². The van der Waals surface area contributed by atoms with Crippen molar-refractivity contribution in [3.8, 4) is 5.75 Å². The van der Waals surface area contributed by atoms with Crippen LogP contribution in [-0.4, -0.2) is 18.6 Å². The van der Waals surface area contributed by atoms with Gasteiger partial charge in [0.2, 0.25) is 0 Å². The second kappa shape index (κ2) is 7.29. The molecule has 0 bridgehead atoms. The summed E-state index contributed by atoms with van der Waals surface area (Å²) < 4.78 is 11.5. The van der Waals surface area contributed by atoms with Gasteiger partial charge in [-0.15, -0.1) is 0 Å². The van der Waals surface area contributed by atoms with Gasteiger partial charge in [0.25, 0.3) is 5.91 Å². The Labute approximate surface area is 136 Å². The Hall–Kier alpha value is -2.33. The lowest BCUT2D eigenvalue weighted by molar-refractivity contribution is -0.124. The summed E-state index contributed by atoms with van der Waals surface area (Å²) >= 11 is 0. The zero-order chi connectivity index (χ0) is 16.1. The van der Waals surface area contributed by atoms with Crippen LogP contribution in [0.25, 0.3) is 0 Å². The van der Waals surface area contributed by atoms with E-state index in [-0.39, 0.29) is 18.1 Å². The van der Waals surface area contributed by atoms with Gasteiger partial charge in [-0.3, -0.25) is 4.79 Å². The van der Waals surface area contributed by atoms with Crippen LogP contribution in [0.2, 0.25) is 0 Å². The first-order chi connectivity index (χ1) is 11.2. The Morgan fingerprint density at radius 2 is 1.91 bits per heavy atom. The van der Waals surface area contributed by atoms with E-state index in [1.807, 2.05) is 61.5 Å². The first-order valence-corrected chi connectivity index (χ1v) is 7.97. The number of para-hydroxylation sites is 2. The molecule has 0 saturated carbocycles. The van der Waals surface area contributed by atoms with Crippen LogP contribution in [0, 0.1) is 0 Å². The molecule has 2 unspecified atom stereocenters. The monoisotopic (exact) mass is 311 g/mol. The van der Waals surface area contributed by atoms with Crippen molar-refractivity contribution in [1.82, 2.24) is 0 Å². The number of carbonyl (C=O) groups excluding carboxylic acids is 1. The Kier molecular flexibility index (Phi) is 4.93. The Morgan fingerprint density at radius 1 is 1.17 bits per heavy atom. The van der Waals surface area contributed by atoms with E-state index in [0.717, 1.165) is 18.4 Å². The zero-order valence-electron chi connectivity index (χ0n) is 13.2. The van der Waals surface area contributed by atoms with Crippen molar-refractivity contribution in [2.24, 2.45) is 0 Å². The Morgan fingerprint density at radius 3 is 2.65 bits per heavy atom. The highest BCUT2D eigenvalue weighted by Crippen LogP contribution is 2.29. The number of carbonyl (C=O) groups is 1. The summed E-state index contributed by atoms with van der Waals surface area (Å²) in [6, 6.07) is 17.5. The number of nitrogens with one attached hydrogen (secondary N) is 1. The minimum atomic E-state index is -0.352. The summed E-state index contributed by atoms with van der Waals surface area (Å²) in [5.74, 6) is 0.557. The van der Waals surface area contributed by atoms with E-state index in [1.165, 1.54) is 0 Å². The molecule has 23 heavy (non-hydrogen) atoms. The van der Waals surface area contributed by atoms with Gasteiger partial charge in [0.15, 0.2) is 0 Å². The van der Waals surface area contributed by atoms with Crippen LogP contribution in [-0.2, 0) is 9.53 Å². The smallest absolute Gasteiger partial charge is 0.253 e. The van der Waals surface area contributed by atoms with Gasteiger partial charge in [0.1, 0.15) is 18.0 Å². The summed E-state index contributed by atoms with van der Waals surface area (Å²) in [5.41, 5.74) is 1.77. The zero-order valence-corrected chi connectivity index (χ0v) is 13.2. The molecule has 0 aromatic heterocycles. The molecule has 1 aliphatic heterocycles. The summed E-state index contributed by atoms with van der Waals surface area (Å²) in [5, 5.41) is 2.92. The van der Waals surface area contributed by atoms with Gasteiger partial charge in [-0.05, 0) is 37.5 Å². The highest BCUT2D eigenvalue weighted by Gasteiger charge is 2.24. The van der Waals surface area contributed by atoms with Crippen molar-refractivity contribution < 1.29 is 14.3 Å². The number of ether oxygens (including phenoxy) is 2. The maximum absolute atomic E-state index is 12.2. The lowest BCUT2D eigenvalue weighted by atomic mass is 10.1. The third kappa shape index (κ3) is 3.90. The summed E-state index contributed by atoms with van der Waals surface area (Å²) in [7, 11) is 0. The molecule has 1 amide bonds. The van der Waals surface area contributed by atoms with Crippen molar-refractivity contribution in [3.05, 3.63) is 60.2 Å². The van der Waals surface area contributed by atoms with E-state index >= 15 is 0 Å². The molecule has 0 aliphatic carbocycles. The van der Waals surface area contributed by atoms with E-state index in [4.69, 9.17) is 9.47 Å². The van der Waals surface area contributed by atoms with Gasteiger partial charge >= 0.3 is 0 Å². The maximum atomic E-state index is 12.2. The van der Waals surface area contributed by atoms with Gasteiger partial charge in [0.05, 0.1) is 5.69 Å². The second-order valence-electron chi connectivity index (χ2n) is 5.66. The van der Waals surface area contributed by atoms with E-state index in [0.29, 0.717) is 18.0 Å². The van der Waals surface area contributed by atoms with Crippen LogP contribution in [0.1, 0.15) is 31.4 Å². The Balaban J connectivity index is 1.71. The number of amides is 1. The number of hydrogen-bond acceptors (Lipinski definition) is 3. The van der Waals surface area contributed by atoms with Gasteiger partial charge in [-0.1, -0.05) is 42.5 Å². The number of rotatable bonds is 5. The molecule has 4 nitrogen and oxygen atoms in total. The molecule has 1 N–H and O–H groups in total. The summed E-state index contributed by atoms with van der Waals surface area (Å²) in [4.78, 5) is 12.2. The lowest BCUT2D eigenvalue weighted by Crippen LogP contribution is -2.27. The summed E-state index contributed by atoms with van der Waals surface area (Å²) in [6.45, 7) is 2.65. The highest BCUT2D eigenvalue weighted by atomic mass is 16.5. The van der Waals surface area contributed by atoms with Gasteiger partial charge < -0.3 is 14.8 Å². The minimum Gasteiger partial charge on any atom is -0.484 e. The lowest BCUT2D eigenvalue weighted by Gasteiger charge is -2.19. The van der Waals surface area contributed by atoms with Crippen LogP contribution in [0.4, 0.5) is 5.69 Å². The van der Waals surface area contributed by atoms with Gasteiger partial charge in [-0.25, -0.2) is 0 Å². The molecule has 2 aromatic carbocycles. The predicted molar refractivity (Wildman–Crippen MR) is 89.5 cm³/mol. The molecular weight excluding hydrogens is 290 g/mol. The molecule has 2 atom stereocenters. The van der Waals surface area contributed by atoms with Gasteiger partial charge in [-0.2, -0.15) is 0 Å².